The molecule has 0 spiro atoms. The summed E-state index contributed by atoms with van der Waals surface area (Å²) in [5, 5.41) is 11.1. The first-order chi connectivity index (χ1) is 5.95. The zero-order valence-corrected chi connectivity index (χ0v) is 8.82. The van der Waals surface area contributed by atoms with Crippen molar-refractivity contribution in [3.05, 3.63) is 12.8 Å². The van der Waals surface area contributed by atoms with Crippen LogP contribution in [0.2, 0.25) is 0 Å². The smallest absolute Gasteiger partial charge is 0.0574 e. The molecule has 0 radical (unpaired) electrons. The lowest BCUT2D eigenvalue weighted by Gasteiger charge is -2.43. The van der Waals surface area contributed by atoms with Gasteiger partial charge in [0.05, 0.1) is 6.04 Å². The van der Waals surface area contributed by atoms with Gasteiger partial charge >= 0.3 is 0 Å². The maximum absolute atomic E-state index is 9.69. The SMILES string of the molecule is C=CN1CCN(O)C(C(C)(C)C)C1. The van der Waals surface area contributed by atoms with E-state index in [1.165, 1.54) is 5.06 Å². The molecule has 1 heterocycles. The fourth-order valence-electron chi connectivity index (χ4n) is 1.68. The first-order valence-corrected chi connectivity index (χ1v) is 4.77. The van der Waals surface area contributed by atoms with Crippen LogP contribution in [0.3, 0.4) is 0 Å². The summed E-state index contributed by atoms with van der Waals surface area (Å²) < 4.78 is 0. The first kappa shape index (κ1) is 10.5. The molecule has 76 valence electrons. The van der Waals surface area contributed by atoms with Crippen molar-refractivity contribution in [2.75, 3.05) is 19.6 Å². The second kappa shape index (κ2) is 3.68. The van der Waals surface area contributed by atoms with Gasteiger partial charge in [-0.3, -0.25) is 0 Å². The van der Waals surface area contributed by atoms with E-state index in [-0.39, 0.29) is 11.5 Å². The highest BCUT2D eigenvalue weighted by atomic mass is 16.5. The third-order valence-electron chi connectivity index (χ3n) is 2.64. The van der Waals surface area contributed by atoms with Crippen LogP contribution in [0.5, 0.6) is 0 Å². The van der Waals surface area contributed by atoms with Crippen molar-refractivity contribution >= 4 is 0 Å². The standard InChI is InChI=1S/C10H20N2O/c1-5-11-6-7-12(13)9(8-11)10(2,3)4/h5,9,13H,1,6-8H2,2-4H3. The summed E-state index contributed by atoms with van der Waals surface area (Å²) in [5.41, 5.74) is 0.108. The van der Waals surface area contributed by atoms with E-state index in [4.69, 9.17) is 0 Å². The minimum Gasteiger partial charge on any atom is -0.375 e. The van der Waals surface area contributed by atoms with Crippen molar-refractivity contribution in [2.24, 2.45) is 5.41 Å². The van der Waals surface area contributed by atoms with Crippen LogP contribution in [0.1, 0.15) is 20.8 Å². The second-order valence-corrected chi connectivity index (χ2v) is 4.72. The Kier molecular flexibility index (Phi) is 2.98. The molecule has 0 bridgehead atoms. The Hall–Kier alpha value is -0.540. The van der Waals surface area contributed by atoms with E-state index in [1.807, 2.05) is 6.20 Å². The van der Waals surface area contributed by atoms with Crippen molar-refractivity contribution in [1.82, 2.24) is 9.96 Å². The Bertz CT molecular complexity index is 186. The third-order valence-corrected chi connectivity index (χ3v) is 2.64. The molecule has 0 saturated carbocycles. The molecular formula is C10H20N2O. The van der Waals surface area contributed by atoms with E-state index in [9.17, 15) is 5.21 Å². The maximum Gasteiger partial charge on any atom is 0.0574 e. The van der Waals surface area contributed by atoms with Crippen molar-refractivity contribution in [3.8, 4) is 0 Å². The Morgan fingerprint density at radius 3 is 2.46 bits per heavy atom. The fourth-order valence-corrected chi connectivity index (χ4v) is 1.68. The van der Waals surface area contributed by atoms with E-state index >= 15 is 0 Å². The highest BCUT2D eigenvalue weighted by Gasteiger charge is 2.33. The predicted octanol–water partition coefficient (Wildman–Crippen LogP) is 1.55. The Morgan fingerprint density at radius 1 is 1.38 bits per heavy atom. The summed E-state index contributed by atoms with van der Waals surface area (Å²) in [5.74, 6) is 0. The molecule has 1 N–H and O–H groups in total. The summed E-state index contributed by atoms with van der Waals surface area (Å²) in [6.07, 6.45) is 1.85. The van der Waals surface area contributed by atoms with Gasteiger partial charge in [-0.2, -0.15) is 5.06 Å². The lowest BCUT2D eigenvalue weighted by Crippen LogP contribution is -2.55. The van der Waals surface area contributed by atoms with Crippen molar-refractivity contribution in [3.63, 3.8) is 0 Å². The summed E-state index contributed by atoms with van der Waals surface area (Å²) in [4.78, 5) is 2.16. The summed E-state index contributed by atoms with van der Waals surface area (Å²) in [7, 11) is 0. The molecule has 1 saturated heterocycles. The van der Waals surface area contributed by atoms with Gasteiger partial charge in [0.25, 0.3) is 0 Å². The Morgan fingerprint density at radius 2 is 2.00 bits per heavy atom. The van der Waals surface area contributed by atoms with Crippen LogP contribution in [0.4, 0.5) is 0 Å². The average molecular weight is 184 g/mol. The van der Waals surface area contributed by atoms with E-state index in [1.54, 1.807) is 0 Å². The lowest BCUT2D eigenvalue weighted by atomic mass is 9.85. The molecule has 0 aromatic heterocycles. The maximum atomic E-state index is 9.69. The largest absolute Gasteiger partial charge is 0.375 e. The predicted molar refractivity (Wildman–Crippen MR) is 53.5 cm³/mol. The average Bonchev–Trinajstić information content (AvgIpc) is 2.03. The Labute approximate surface area is 80.6 Å². The van der Waals surface area contributed by atoms with Gasteiger partial charge in [-0.1, -0.05) is 27.4 Å². The molecule has 1 aliphatic heterocycles. The van der Waals surface area contributed by atoms with Crippen LogP contribution in [0, 0.1) is 5.41 Å². The van der Waals surface area contributed by atoms with Crippen LogP contribution in [0.15, 0.2) is 12.8 Å². The van der Waals surface area contributed by atoms with Crippen molar-refractivity contribution in [1.29, 1.82) is 0 Å². The van der Waals surface area contributed by atoms with Gasteiger partial charge in [-0.25, -0.2) is 0 Å². The number of hydrogen-bond acceptors (Lipinski definition) is 3. The van der Waals surface area contributed by atoms with Crippen molar-refractivity contribution < 1.29 is 5.21 Å². The topological polar surface area (TPSA) is 26.7 Å². The molecular weight excluding hydrogens is 164 g/mol. The lowest BCUT2D eigenvalue weighted by molar-refractivity contribution is -0.176. The monoisotopic (exact) mass is 184 g/mol. The highest BCUT2D eigenvalue weighted by molar-refractivity contribution is 4.89. The van der Waals surface area contributed by atoms with Gasteiger partial charge in [-0.15, -0.1) is 0 Å². The molecule has 0 amide bonds. The molecule has 3 heteroatoms. The third kappa shape index (κ3) is 2.45. The summed E-state index contributed by atoms with van der Waals surface area (Å²) >= 11 is 0. The molecule has 1 rings (SSSR count). The number of nitrogens with zero attached hydrogens (tertiary/aromatic N) is 2. The molecule has 1 atom stereocenters. The quantitative estimate of drug-likeness (QED) is 0.670. The minimum absolute atomic E-state index is 0.108. The van der Waals surface area contributed by atoms with Crippen molar-refractivity contribution in [2.45, 2.75) is 26.8 Å². The normalized spacial score (nSPS) is 26.2. The van der Waals surface area contributed by atoms with Crippen LogP contribution >= 0.6 is 0 Å². The summed E-state index contributed by atoms with van der Waals surface area (Å²) in [6, 6.07) is 0.194. The zero-order chi connectivity index (χ0) is 10.1. The van der Waals surface area contributed by atoms with Crippen LogP contribution in [-0.4, -0.2) is 40.8 Å². The number of hydrogen-bond donors (Lipinski definition) is 1. The van der Waals surface area contributed by atoms with Gasteiger partial charge in [-0.05, 0) is 11.6 Å². The molecule has 1 unspecified atom stereocenters. The molecule has 0 aliphatic carbocycles. The number of piperazine rings is 1. The molecule has 13 heavy (non-hydrogen) atoms. The van der Waals surface area contributed by atoms with Gasteiger partial charge in [0.1, 0.15) is 0 Å². The van der Waals surface area contributed by atoms with E-state index < -0.39 is 0 Å². The minimum atomic E-state index is 0.108. The van der Waals surface area contributed by atoms with Crippen LogP contribution in [-0.2, 0) is 0 Å². The fraction of sp³-hybridized carbons (Fsp3) is 0.800. The Balaban J connectivity index is 2.65. The zero-order valence-electron chi connectivity index (χ0n) is 8.82. The second-order valence-electron chi connectivity index (χ2n) is 4.72. The van der Waals surface area contributed by atoms with Crippen LogP contribution < -0.4 is 0 Å². The highest BCUT2D eigenvalue weighted by Crippen LogP contribution is 2.26. The van der Waals surface area contributed by atoms with Gasteiger partial charge in [0.15, 0.2) is 0 Å². The van der Waals surface area contributed by atoms with Gasteiger partial charge in [0, 0.05) is 19.6 Å². The molecule has 0 aromatic carbocycles. The summed E-state index contributed by atoms with van der Waals surface area (Å²) in [6.45, 7) is 12.6. The number of rotatable bonds is 1. The van der Waals surface area contributed by atoms with E-state index in [2.05, 4.69) is 32.3 Å². The van der Waals surface area contributed by atoms with E-state index in [0.717, 1.165) is 13.1 Å². The van der Waals surface area contributed by atoms with Gasteiger partial charge < -0.3 is 10.1 Å². The van der Waals surface area contributed by atoms with E-state index in [0.29, 0.717) is 6.54 Å². The molecule has 3 nitrogen and oxygen atoms in total. The molecule has 0 aromatic rings. The van der Waals surface area contributed by atoms with Gasteiger partial charge in [0.2, 0.25) is 0 Å². The van der Waals surface area contributed by atoms with Crippen LogP contribution in [0.25, 0.3) is 0 Å². The first-order valence-electron chi connectivity index (χ1n) is 4.77. The molecule has 1 aliphatic rings. The number of hydroxylamine groups is 2. The molecule has 1 fully saturated rings.